The van der Waals surface area contributed by atoms with Crippen LogP contribution in [0.3, 0.4) is 0 Å². The molecule has 110 valence electrons. The van der Waals surface area contributed by atoms with Crippen molar-refractivity contribution in [3.63, 3.8) is 0 Å². The summed E-state index contributed by atoms with van der Waals surface area (Å²) < 4.78 is 26.7. The molecule has 1 atom stereocenters. The molecule has 21 heavy (non-hydrogen) atoms. The lowest BCUT2D eigenvalue weighted by molar-refractivity contribution is 0.576. The highest BCUT2D eigenvalue weighted by atomic mass is 35.5. The minimum atomic E-state index is -3.50. The van der Waals surface area contributed by atoms with Gasteiger partial charge in [-0.1, -0.05) is 54.1 Å². The fraction of sp³-hybridized carbons (Fsp3) is 0.125. The quantitative estimate of drug-likeness (QED) is 0.905. The second kappa shape index (κ2) is 6.89. The van der Waals surface area contributed by atoms with Crippen molar-refractivity contribution in [3.8, 4) is 0 Å². The SMILES string of the molecule is CC(NS(=O)(=O)/C=C/c1ccccc1)c1ccc(Cl)cc1. The molecule has 2 rings (SSSR count). The van der Waals surface area contributed by atoms with Crippen molar-refractivity contribution in [3.05, 3.63) is 76.2 Å². The third-order valence-corrected chi connectivity index (χ3v) is 4.38. The molecule has 0 bridgehead atoms. The highest BCUT2D eigenvalue weighted by Gasteiger charge is 2.12. The molecule has 5 heteroatoms. The van der Waals surface area contributed by atoms with Gasteiger partial charge in [-0.3, -0.25) is 0 Å². The van der Waals surface area contributed by atoms with Crippen LogP contribution in [0.25, 0.3) is 6.08 Å². The summed E-state index contributed by atoms with van der Waals surface area (Å²) in [4.78, 5) is 0. The van der Waals surface area contributed by atoms with E-state index in [1.165, 1.54) is 5.41 Å². The minimum Gasteiger partial charge on any atom is -0.208 e. The summed E-state index contributed by atoms with van der Waals surface area (Å²) in [5, 5.41) is 1.80. The number of halogens is 1. The van der Waals surface area contributed by atoms with Gasteiger partial charge in [0.2, 0.25) is 10.0 Å². The molecule has 1 N–H and O–H groups in total. The zero-order valence-electron chi connectivity index (χ0n) is 11.5. The predicted octanol–water partition coefficient (Wildman–Crippen LogP) is 3.99. The molecule has 1 unspecified atom stereocenters. The van der Waals surface area contributed by atoms with Crippen molar-refractivity contribution in [1.29, 1.82) is 0 Å². The molecule has 0 heterocycles. The highest BCUT2D eigenvalue weighted by Crippen LogP contribution is 2.17. The summed E-state index contributed by atoms with van der Waals surface area (Å²) in [5.41, 5.74) is 1.69. The first-order valence-electron chi connectivity index (χ1n) is 6.47. The van der Waals surface area contributed by atoms with E-state index >= 15 is 0 Å². The average molecular weight is 322 g/mol. The normalized spacial score (nSPS) is 13.4. The molecule has 0 aliphatic carbocycles. The predicted molar refractivity (Wildman–Crippen MR) is 87.4 cm³/mol. The van der Waals surface area contributed by atoms with Gasteiger partial charge >= 0.3 is 0 Å². The first kappa shape index (κ1) is 15.8. The lowest BCUT2D eigenvalue weighted by Crippen LogP contribution is -2.24. The average Bonchev–Trinajstić information content (AvgIpc) is 2.46. The Hall–Kier alpha value is -1.62. The fourth-order valence-electron chi connectivity index (χ4n) is 1.84. The van der Waals surface area contributed by atoms with Gasteiger partial charge in [-0.15, -0.1) is 0 Å². The van der Waals surface area contributed by atoms with E-state index in [0.29, 0.717) is 5.02 Å². The van der Waals surface area contributed by atoms with Crippen LogP contribution in [0.1, 0.15) is 24.1 Å². The van der Waals surface area contributed by atoms with E-state index in [4.69, 9.17) is 11.6 Å². The summed E-state index contributed by atoms with van der Waals surface area (Å²) in [6.45, 7) is 1.79. The summed E-state index contributed by atoms with van der Waals surface area (Å²) in [7, 11) is -3.50. The van der Waals surface area contributed by atoms with Crippen LogP contribution in [0.15, 0.2) is 60.0 Å². The second-order valence-electron chi connectivity index (χ2n) is 4.65. The first-order chi connectivity index (χ1) is 9.96. The smallest absolute Gasteiger partial charge is 0.208 e. The van der Waals surface area contributed by atoms with Gasteiger partial charge in [0.25, 0.3) is 0 Å². The number of rotatable bonds is 5. The van der Waals surface area contributed by atoms with Crippen molar-refractivity contribution in [2.75, 3.05) is 0 Å². The fourth-order valence-corrected chi connectivity index (χ4v) is 3.01. The topological polar surface area (TPSA) is 46.2 Å². The molecule has 0 spiro atoms. The van der Waals surface area contributed by atoms with Gasteiger partial charge in [0.05, 0.1) is 0 Å². The summed E-state index contributed by atoms with van der Waals surface area (Å²) in [6.07, 6.45) is 1.57. The summed E-state index contributed by atoms with van der Waals surface area (Å²) in [5.74, 6) is 0. The van der Waals surface area contributed by atoms with Gasteiger partial charge in [-0.2, -0.15) is 0 Å². The van der Waals surface area contributed by atoms with Crippen LogP contribution in [0.2, 0.25) is 5.02 Å². The third kappa shape index (κ3) is 5.01. The van der Waals surface area contributed by atoms with E-state index in [-0.39, 0.29) is 6.04 Å². The Balaban J connectivity index is 2.07. The van der Waals surface area contributed by atoms with Crippen LogP contribution in [0.4, 0.5) is 0 Å². The molecule has 3 nitrogen and oxygen atoms in total. The number of nitrogens with one attached hydrogen (secondary N) is 1. The Morgan fingerprint density at radius 2 is 1.67 bits per heavy atom. The van der Waals surface area contributed by atoms with Gasteiger partial charge in [0.1, 0.15) is 0 Å². The Bertz CT molecular complexity index is 710. The van der Waals surface area contributed by atoms with E-state index < -0.39 is 10.0 Å². The van der Waals surface area contributed by atoms with Crippen molar-refractivity contribution >= 4 is 27.7 Å². The Morgan fingerprint density at radius 1 is 1.05 bits per heavy atom. The lowest BCUT2D eigenvalue weighted by atomic mass is 10.1. The zero-order chi connectivity index (χ0) is 15.3. The maximum atomic E-state index is 12.0. The van der Waals surface area contributed by atoms with Gasteiger partial charge in [-0.05, 0) is 36.3 Å². The van der Waals surface area contributed by atoms with Crippen LogP contribution in [-0.2, 0) is 10.0 Å². The number of benzene rings is 2. The molecular formula is C16H16ClNO2S. The molecule has 0 amide bonds. The van der Waals surface area contributed by atoms with Crippen LogP contribution < -0.4 is 4.72 Å². The third-order valence-electron chi connectivity index (χ3n) is 2.95. The summed E-state index contributed by atoms with van der Waals surface area (Å²) >= 11 is 5.82. The van der Waals surface area contributed by atoms with Gasteiger partial charge in [-0.25, -0.2) is 13.1 Å². The monoisotopic (exact) mass is 321 g/mol. The Morgan fingerprint density at radius 3 is 2.29 bits per heavy atom. The largest absolute Gasteiger partial charge is 0.234 e. The van der Waals surface area contributed by atoms with E-state index in [1.54, 1.807) is 37.3 Å². The molecular weight excluding hydrogens is 306 g/mol. The molecule has 0 aromatic heterocycles. The standard InChI is InChI=1S/C16H16ClNO2S/c1-13(15-7-9-16(17)10-8-15)18-21(19,20)12-11-14-5-3-2-4-6-14/h2-13,18H,1H3/b12-11+. The van der Waals surface area contributed by atoms with Crippen LogP contribution in [0.5, 0.6) is 0 Å². The molecule has 0 fully saturated rings. The van der Waals surface area contributed by atoms with E-state index in [9.17, 15) is 8.42 Å². The molecule has 0 saturated carbocycles. The first-order valence-corrected chi connectivity index (χ1v) is 8.40. The van der Waals surface area contributed by atoms with Gasteiger partial charge in [0.15, 0.2) is 0 Å². The van der Waals surface area contributed by atoms with Gasteiger partial charge in [0, 0.05) is 16.5 Å². The molecule has 0 saturated heterocycles. The zero-order valence-corrected chi connectivity index (χ0v) is 13.1. The second-order valence-corrected chi connectivity index (χ2v) is 6.68. The van der Waals surface area contributed by atoms with Crippen LogP contribution in [-0.4, -0.2) is 8.42 Å². The molecule has 0 radical (unpaired) electrons. The van der Waals surface area contributed by atoms with Crippen LogP contribution >= 0.6 is 11.6 Å². The van der Waals surface area contributed by atoms with Crippen molar-refractivity contribution in [2.24, 2.45) is 0 Å². The highest BCUT2D eigenvalue weighted by molar-refractivity contribution is 7.92. The maximum absolute atomic E-state index is 12.0. The van der Waals surface area contributed by atoms with Crippen molar-refractivity contribution in [2.45, 2.75) is 13.0 Å². The summed E-state index contributed by atoms with van der Waals surface area (Å²) in [6, 6.07) is 16.0. The number of hydrogen-bond donors (Lipinski definition) is 1. The van der Waals surface area contributed by atoms with Crippen molar-refractivity contribution < 1.29 is 8.42 Å². The van der Waals surface area contributed by atoms with Crippen LogP contribution in [0, 0.1) is 0 Å². The Labute approximate surface area is 130 Å². The molecule has 0 aliphatic heterocycles. The Kier molecular flexibility index (Phi) is 5.17. The molecule has 2 aromatic rings. The maximum Gasteiger partial charge on any atom is 0.234 e. The van der Waals surface area contributed by atoms with Gasteiger partial charge < -0.3 is 0 Å². The van der Waals surface area contributed by atoms with E-state index in [1.807, 2.05) is 30.3 Å². The minimum absolute atomic E-state index is 0.326. The lowest BCUT2D eigenvalue weighted by Gasteiger charge is -2.12. The van der Waals surface area contributed by atoms with Crippen molar-refractivity contribution in [1.82, 2.24) is 4.72 Å². The molecule has 2 aromatic carbocycles. The number of hydrogen-bond acceptors (Lipinski definition) is 2. The van der Waals surface area contributed by atoms with E-state index in [0.717, 1.165) is 11.1 Å². The number of sulfonamides is 1. The molecule has 0 aliphatic rings. The van der Waals surface area contributed by atoms with E-state index in [2.05, 4.69) is 4.72 Å².